The summed E-state index contributed by atoms with van der Waals surface area (Å²) in [5.74, 6) is -2.39. The summed E-state index contributed by atoms with van der Waals surface area (Å²) in [6.07, 6.45) is -2.76. The van der Waals surface area contributed by atoms with Gasteiger partial charge in [-0.3, -0.25) is 19.3 Å². The van der Waals surface area contributed by atoms with Crippen LogP contribution in [-0.4, -0.2) is 35.8 Å². The standard InChI is InChI=1S/C21H17F4N5O3/c1-27-18(32)14-4-3-13(8-16(14)22)30(11-31)20(5-2-6-20)19(33)29-12-7-15(21(23,24)25)17(9-26)28-10-12/h3-4,7-8,10-11H,2,5-6H2,1H3,(H,27,32)(H,29,33). The van der Waals surface area contributed by atoms with Crippen molar-refractivity contribution in [3.63, 3.8) is 0 Å². The summed E-state index contributed by atoms with van der Waals surface area (Å²) < 4.78 is 54.0. The summed E-state index contributed by atoms with van der Waals surface area (Å²) in [6, 6.07) is 5.30. The van der Waals surface area contributed by atoms with Gasteiger partial charge in [-0.15, -0.1) is 0 Å². The summed E-state index contributed by atoms with van der Waals surface area (Å²) in [5.41, 5.74) is -4.22. The molecular weight excluding hydrogens is 446 g/mol. The second-order valence-corrected chi connectivity index (χ2v) is 7.29. The molecule has 8 nitrogen and oxygen atoms in total. The molecule has 0 aliphatic heterocycles. The molecule has 1 saturated carbocycles. The van der Waals surface area contributed by atoms with Gasteiger partial charge in [0.1, 0.15) is 17.4 Å². The third-order valence-electron chi connectivity index (χ3n) is 5.43. The lowest BCUT2D eigenvalue weighted by Crippen LogP contribution is -2.61. The maximum Gasteiger partial charge on any atom is 0.419 e. The number of carbonyl (C=O) groups excluding carboxylic acids is 3. The summed E-state index contributed by atoms with van der Waals surface area (Å²) in [7, 11) is 1.32. The van der Waals surface area contributed by atoms with E-state index in [1.165, 1.54) is 19.2 Å². The number of hydrogen-bond donors (Lipinski definition) is 2. The van der Waals surface area contributed by atoms with E-state index in [2.05, 4.69) is 15.6 Å². The molecule has 1 aliphatic carbocycles. The zero-order valence-electron chi connectivity index (χ0n) is 17.2. The number of nitrogens with zero attached hydrogens (tertiary/aromatic N) is 3. The van der Waals surface area contributed by atoms with Crippen LogP contribution in [0.2, 0.25) is 0 Å². The van der Waals surface area contributed by atoms with E-state index in [0.29, 0.717) is 18.9 Å². The highest BCUT2D eigenvalue weighted by molar-refractivity contribution is 6.05. The number of amides is 3. The van der Waals surface area contributed by atoms with Crippen molar-refractivity contribution in [3.05, 3.63) is 53.1 Å². The average Bonchev–Trinajstić information content (AvgIpc) is 2.74. The van der Waals surface area contributed by atoms with Crippen molar-refractivity contribution >= 4 is 29.6 Å². The Labute approximate surface area is 185 Å². The minimum absolute atomic E-state index is 0.000984. The molecule has 0 atom stereocenters. The van der Waals surface area contributed by atoms with Gasteiger partial charge in [-0.2, -0.15) is 18.4 Å². The van der Waals surface area contributed by atoms with E-state index < -0.39 is 40.6 Å². The van der Waals surface area contributed by atoms with Crippen LogP contribution in [0.5, 0.6) is 0 Å². The Kier molecular flexibility index (Phi) is 6.34. The van der Waals surface area contributed by atoms with Crippen molar-refractivity contribution in [2.24, 2.45) is 0 Å². The Bertz CT molecular complexity index is 1160. The molecule has 3 rings (SSSR count). The molecule has 0 radical (unpaired) electrons. The summed E-state index contributed by atoms with van der Waals surface area (Å²) in [5, 5.41) is 13.4. The maximum absolute atomic E-state index is 14.4. The van der Waals surface area contributed by atoms with Gasteiger partial charge in [-0.05, 0) is 43.5 Å². The fraction of sp³-hybridized carbons (Fsp3) is 0.286. The van der Waals surface area contributed by atoms with E-state index in [4.69, 9.17) is 5.26 Å². The van der Waals surface area contributed by atoms with Gasteiger partial charge in [0.25, 0.3) is 11.8 Å². The van der Waals surface area contributed by atoms with Crippen LogP contribution in [0.1, 0.15) is 40.9 Å². The van der Waals surface area contributed by atoms with E-state index in [1.807, 2.05) is 0 Å². The molecule has 1 heterocycles. The highest BCUT2D eigenvalue weighted by atomic mass is 19.4. The lowest BCUT2D eigenvalue weighted by atomic mass is 9.74. The van der Waals surface area contributed by atoms with Gasteiger partial charge in [-0.1, -0.05) is 0 Å². The van der Waals surface area contributed by atoms with Crippen LogP contribution in [0.15, 0.2) is 30.5 Å². The molecule has 1 aromatic heterocycles. The van der Waals surface area contributed by atoms with Crippen LogP contribution in [0.4, 0.5) is 28.9 Å². The van der Waals surface area contributed by atoms with E-state index in [-0.39, 0.29) is 29.8 Å². The number of halogens is 4. The number of pyridine rings is 1. The van der Waals surface area contributed by atoms with Gasteiger partial charge in [-0.25, -0.2) is 9.37 Å². The van der Waals surface area contributed by atoms with Crippen molar-refractivity contribution in [3.8, 4) is 6.07 Å². The van der Waals surface area contributed by atoms with Gasteiger partial charge >= 0.3 is 6.18 Å². The molecular formula is C21H17F4N5O3. The average molecular weight is 463 g/mol. The summed E-state index contributed by atoms with van der Waals surface area (Å²) in [6.45, 7) is 0. The number of aromatic nitrogens is 1. The van der Waals surface area contributed by atoms with Gasteiger partial charge in [0.15, 0.2) is 5.69 Å². The molecule has 1 fully saturated rings. The topological polar surface area (TPSA) is 115 Å². The predicted octanol–water partition coefficient (Wildman–Crippen LogP) is 2.99. The van der Waals surface area contributed by atoms with Crippen molar-refractivity contribution in [1.82, 2.24) is 10.3 Å². The molecule has 0 bridgehead atoms. The molecule has 1 aliphatic rings. The summed E-state index contributed by atoms with van der Waals surface area (Å²) in [4.78, 5) is 41.1. The van der Waals surface area contributed by atoms with E-state index in [9.17, 15) is 31.9 Å². The number of benzene rings is 1. The van der Waals surface area contributed by atoms with Crippen molar-refractivity contribution in [2.45, 2.75) is 31.0 Å². The van der Waals surface area contributed by atoms with Crippen LogP contribution in [0.25, 0.3) is 0 Å². The fourth-order valence-electron chi connectivity index (χ4n) is 3.56. The first-order valence-corrected chi connectivity index (χ1v) is 9.62. The lowest BCUT2D eigenvalue weighted by molar-refractivity contribution is -0.138. The number of anilines is 2. The fourth-order valence-corrected chi connectivity index (χ4v) is 3.56. The first-order valence-electron chi connectivity index (χ1n) is 9.62. The van der Waals surface area contributed by atoms with Crippen molar-refractivity contribution < 1.29 is 31.9 Å². The van der Waals surface area contributed by atoms with Crippen LogP contribution in [0.3, 0.4) is 0 Å². The zero-order valence-corrected chi connectivity index (χ0v) is 17.2. The SMILES string of the molecule is CNC(=O)c1ccc(N(C=O)C2(C(=O)Nc3cnc(C#N)c(C(F)(F)F)c3)CCC2)cc1F. The lowest BCUT2D eigenvalue weighted by Gasteiger charge is -2.46. The molecule has 172 valence electrons. The Morgan fingerprint density at radius 2 is 1.97 bits per heavy atom. The van der Waals surface area contributed by atoms with E-state index >= 15 is 0 Å². The van der Waals surface area contributed by atoms with Crippen molar-refractivity contribution in [1.29, 1.82) is 5.26 Å². The quantitative estimate of drug-likeness (QED) is 0.505. The number of rotatable bonds is 6. The number of carbonyl (C=O) groups is 3. The molecule has 0 spiro atoms. The van der Waals surface area contributed by atoms with Crippen molar-refractivity contribution in [2.75, 3.05) is 17.3 Å². The molecule has 0 unspecified atom stereocenters. The molecule has 0 saturated heterocycles. The zero-order chi connectivity index (χ0) is 24.4. The minimum atomic E-state index is -4.87. The van der Waals surface area contributed by atoms with Gasteiger partial charge in [0, 0.05) is 12.7 Å². The predicted molar refractivity (Wildman–Crippen MR) is 107 cm³/mol. The second kappa shape index (κ2) is 8.85. The number of nitrogens with one attached hydrogen (secondary N) is 2. The monoisotopic (exact) mass is 463 g/mol. The highest BCUT2D eigenvalue weighted by Crippen LogP contribution is 2.41. The summed E-state index contributed by atoms with van der Waals surface area (Å²) >= 11 is 0. The highest BCUT2D eigenvalue weighted by Gasteiger charge is 2.50. The van der Waals surface area contributed by atoms with Gasteiger partial charge < -0.3 is 10.6 Å². The minimum Gasteiger partial charge on any atom is -0.355 e. The van der Waals surface area contributed by atoms with Gasteiger partial charge in [0.2, 0.25) is 6.41 Å². The maximum atomic E-state index is 14.4. The number of nitriles is 1. The first-order chi connectivity index (χ1) is 15.6. The Balaban J connectivity index is 1.93. The van der Waals surface area contributed by atoms with Crippen LogP contribution >= 0.6 is 0 Å². The van der Waals surface area contributed by atoms with Crippen LogP contribution in [0, 0.1) is 17.1 Å². The van der Waals surface area contributed by atoms with Gasteiger partial charge in [0.05, 0.1) is 23.0 Å². The number of alkyl halides is 3. The Morgan fingerprint density at radius 3 is 2.45 bits per heavy atom. The second-order valence-electron chi connectivity index (χ2n) is 7.29. The first kappa shape index (κ1) is 23.6. The molecule has 33 heavy (non-hydrogen) atoms. The molecule has 1 aromatic carbocycles. The number of hydrogen-bond acceptors (Lipinski definition) is 5. The molecule has 2 N–H and O–H groups in total. The van der Waals surface area contributed by atoms with Crippen LogP contribution < -0.4 is 15.5 Å². The normalized spacial score (nSPS) is 14.4. The largest absolute Gasteiger partial charge is 0.419 e. The van der Waals surface area contributed by atoms with Crippen LogP contribution in [-0.2, 0) is 15.8 Å². The third-order valence-corrected chi connectivity index (χ3v) is 5.43. The van der Waals surface area contributed by atoms with E-state index in [0.717, 1.165) is 23.2 Å². The molecule has 2 aromatic rings. The Morgan fingerprint density at radius 1 is 1.27 bits per heavy atom. The van der Waals surface area contributed by atoms with E-state index in [1.54, 1.807) is 0 Å². The molecule has 12 heteroatoms. The molecule has 3 amide bonds. The third kappa shape index (κ3) is 4.34. The Hall–Kier alpha value is -4.01. The smallest absolute Gasteiger partial charge is 0.355 e.